The Morgan fingerprint density at radius 1 is 1.15 bits per heavy atom. The van der Waals surface area contributed by atoms with Gasteiger partial charge in [-0.3, -0.25) is 0 Å². The standard InChI is InChI=1S/C16H20BrNO2/c17-14-2-1-3-15-13(14)6-9-18(15)12-4-7-16(8-5-12)19-10-11-20-16/h1-3,12H,4-11H2. The van der Waals surface area contributed by atoms with Gasteiger partial charge in [0.1, 0.15) is 0 Å². The van der Waals surface area contributed by atoms with Crippen molar-refractivity contribution in [3.8, 4) is 0 Å². The highest BCUT2D eigenvalue weighted by atomic mass is 79.9. The molecule has 1 saturated heterocycles. The van der Waals surface area contributed by atoms with E-state index in [-0.39, 0.29) is 5.79 Å². The Hall–Kier alpha value is -0.580. The van der Waals surface area contributed by atoms with Crippen LogP contribution in [0.1, 0.15) is 31.2 Å². The highest BCUT2D eigenvalue weighted by molar-refractivity contribution is 9.10. The molecule has 0 atom stereocenters. The van der Waals surface area contributed by atoms with Gasteiger partial charge in [0.2, 0.25) is 0 Å². The van der Waals surface area contributed by atoms with E-state index in [4.69, 9.17) is 9.47 Å². The molecule has 4 heteroatoms. The molecule has 2 heterocycles. The zero-order valence-electron chi connectivity index (χ0n) is 11.6. The molecule has 1 saturated carbocycles. The van der Waals surface area contributed by atoms with Crippen LogP contribution in [0.3, 0.4) is 0 Å². The number of hydrogen-bond donors (Lipinski definition) is 0. The van der Waals surface area contributed by atoms with Crippen molar-refractivity contribution in [2.24, 2.45) is 0 Å². The van der Waals surface area contributed by atoms with Crippen molar-refractivity contribution in [1.29, 1.82) is 0 Å². The Balaban J connectivity index is 1.50. The molecule has 1 aromatic carbocycles. The van der Waals surface area contributed by atoms with Crippen LogP contribution in [0, 0.1) is 0 Å². The van der Waals surface area contributed by atoms with Gasteiger partial charge >= 0.3 is 0 Å². The van der Waals surface area contributed by atoms with Gasteiger partial charge in [-0.15, -0.1) is 0 Å². The lowest BCUT2D eigenvalue weighted by atomic mass is 9.89. The minimum atomic E-state index is -0.240. The number of anilines is 1. The lowest BCUT2D eigenvalue weighted by molar-refractivity contribution is -0.178. The van der Waals surface area contributed by atoms with Crippen molar-refractivity contribution in [3.05, 3.63) is 28.2 Å². The summed E-state index contributed by atoms with van der Waals surface area (Å²) in [6.45, 7) is 2.69. The van der Waals surface area contributed by atoms with E-state index in [1.807, 2.05) is 0 Å². The average Bonchev–Trinajstić information content (AvgIpc) is 3.09. The van der Waals surface area contributed by atoms with E-state index in [0.29, 0.717) is 6.04 Å². The quantitative estimate of drug-likeness (QED) is 0.782. The van der Waals surface area contributed by atoms with Crippen molar-refractivity contribution in [3.63, 3.8) is 0 Å². The van der Waals surface area contributed by atoms with Crippen LogP contribution in [-0.4, -0.2) is 31.6 Å². The minimum absolute atomic E-state index is 0.240. The van der Waals surface area contributed by atoms with E-state index in [2.05, 4.69) is 39.0 Å². The minimum Gasteiger partial charge on any atom is -0.368 e. The van der Waals surface area contributed by atoms with Crippen molar-refractivity contribution >= 4 is 21.6 Å². The van der Waals surface area contributed by atoms with Gasteiger partial charge in [-0.1, -0.05) is 22.0 Å². The predicted octanol–water partition coefficient (Wildman–Crippen LogP) is 3.50. The van der Waals surface area contributed by atoms with Gasteiger partial charge in [0.05, 0.1) is 13.2 Å². The molecule has 1 aromatic rings. The monoisotopic (exact) mass is 337 g/mol. The maximum atomic E-state index is 5.83. The number of fused-ring (bicyclic) bond motifs is 1. The number of halogens is 1. The lowest BCUT2D eigenvalue weighted by Gasteiger charge is -2.40. The molecule has 0 unspecified atom stereocenters. The molecule has 4 rings (SSSR count). The van der Waals surface area contributed by atoms with Gasteiger partial charge in [-0.05, 0) is 37.0 Å². The fourth-order valence-electron chi connectivity index (χ4n) is 3.94. The molecule has 0 radical (unpaired) electrons. The highest BCUT2D eigenvalue weighted by Crippen LogP contribution is 2.41. The number of ether oxygens (including phenoxy) is 2. The summed E-state index contributed by atoms with van der Waals surface area (Å²) in [5.74, 6) is -0.240. The molecule has 0 N–H and O–H groups in total. The summed E-state index contributed by atoms with van der Waals surface area (Å²) < 4.78 is 12.9. The lowest BCUT2D eigenvalue weighted by Crippen LogP contribution is -2.43. The molecular formula is C16H20BrNO2. The number of benzene rings is 1. The van der Waals surface area contributed by atoms with Crippen LogP contribution in [-0.2, 0) is 15.9 Å². The fourth-order valence-corrected chi connectivity index (χ4v) is 4.49. The maximum absolute atomic E-state index is 5.83. The maximum Gasteiger partial charge on any atom is 0.168 e. The zero-order chi connectivity index (χ0) is 13.6. The zero-order valence-corrected chi connectivity index (χ0v) is 13.2. The Bertz CT molecular complexity index is 503. The van der Waals surface area contributed by atoms with Gasteiger partial charge < -0.3 is 14.4 Å². The molecule has 2 aliphatic heterocycles. The third-order valence-corrected chi connectivity index (χ3v) is 5.72. The first-order valence-corrected chi connectivity index (χ1v) is 8.39. The van der Waals surface area contributed by atoms with Gasteiger partial charge in [0, 0.05) is 35.6 Å². The van der Waals surface area contributed by atoms with E-state index < -0.39 is 0 Å². The first-order chi connectivity index (χ1) is 9.77. The molecule has 108 valence electrons. The molecule has 20 heavy (non-hydrogen) atoms. The topological polar surface area (TPSA) is 21.7 Å². The van der Waals surface area contributed by atoms with Crippen molar-refractivity contribution in [2.45, 2.75) is 43.9 Å². The molecular weight excluding hydrogens is 318 g/mol. The molecule has 0 aromatic heterocycles. The normalized spacial score (nSPS) is 25.4. The highest BCUT2D eigenvalue weighted by Gasteiger charge is 2.42. The Kier molecular flexibility index (Phi) is 3.28. The number of hydrogen-bond acceptors (Lipinski definition) is 3. The third kappa shape index (κ3) is 2.09. The van der Waals surface area contributed by atoms with Gasteiger partial charge in [-0.2, -0.15) is 0 Å². The van der Waals surface area contributed by atoms with E-state index >= 15 is 0 Å². The van der Waals surface area contributed by atoms with Crippen molar-refractivity contribution < 1.29 is 9.47 Å². The fraction of sp³-hybridized carbons (Fsp3) is 0.625. The summed E-state index contributed by atoms with van der Waals surface area (Å²) in [7, 11) is 0. The van der Waals surface area contributed by atoms with Gasteiger partial charge in [-0.25, -0.2) is 0 Å². The first kappa shape index (κ1) is 13.1. The molecule has 0 amide bonds. The molecule has 1 spiro atoms. The van der Waals surface area contributed by atoms with Crippen molar-refractivity contribution in [2.75, 3.05) is 24.7 Å². The second-order valence-corrected chi connectivity index (χ2v) is 6.87. The van der Waals surface area contributed by atoms with Crippen LogP contribution in [0.2, 0.25) is 0 Å². The average molecular weight is 338 g/mol. The van der Waals surface area contributed by atoms with E-state index in [0.717, 1.165) is 39.0 Å². The summed E-state index contributed by atoms with van der Waals surface area (Å²) in [5, 5.41) is 0. The van der Waals surface area contributed by atoms with Crippen LogP contribution >= 0.6 is 15.9 Å². The molecule has 2 fully saturated rings. The summed E-state index contributed by atoms with van der Waals surface area (Å²) in [4.78, 5) is 2.60. The Morgan fingerprint density at radius 3 is 2.65 bits per heavy atom. The smallest absolute Gasteiger partial charge is 0.168 e. The van der Waals surface area contributed by atoms with Crippen molar-refractivity contribution in [1.82, 2.24) is 0 Å². The van der Waals surface area contributed by atoms with Crippen LogP contribution in [0.4, 0.5) is 5.69 Å². The van der Waals surface area contributed by atoms with E-state index in [9.17, 15) is 0 Å². The van der Waals surface area contributed by atoms with Gasteiger partial charge in [0.25, 0.3) is 0 Å². The van der Waals surface area contributed by atoms with Crippen LogP contribution in [0.15, 0.2) is 22.7 Å². The van der Waals surface area contributed by atoms with Crippen LogP contribution < -0.4 is 4.90 Å². The van der Waals surface area contributed by atoms with Crippen LogP contribution in [0.25, 0.3) is 0 Å². The summed E-state index contributed by atoms with van der Waals surface area (Å²) in [6, 6.07) is 7.21. The second-order valence-electron chi connectivity index (χ2n) is 6.02. The summed E-state index contributed by atoms with van der Waals surface area (Å²) in [5.41, 5.74) is 2.90. The Morgan fingerprint density at radius 2 is 1.90 bits per heavy atom. The van der Waals surface area contributed by atoms with Crippen LogP contribution in [0.5, 0.6) is 0 Å². The predicted molar refractivity (Wildman–Crippen MR) is 82.1 cm³/mol. The molecule has 0 bridgehead atoms. The SMILES string of the molecule is Brc1cccc2c1CCN2C1CCC2(CC1)OCCO2. The molecule has 3 nitrogen and oxygen atoms in total. The first-order valence-electron chi connectivity index (χ1n) is 7.59. The molecule has 3 aliphatic rings. The van der Waals surface area contributed by atoms with E-state index in [1.54, 1.807) is 0 Å². The molecule has 1 aliphatic carbocycles. The Labute approximate surface area is 128 Å². The number of nitrogens with zero attached hydrogens (tertiary/aromatic N) is 1. The summed E-state index contributed by atoms with van der Waals surface area (Å²) in [6.07, 6.45) is 5.58. The second kappa shape index (κ2) is 5.00. The summed E-state index contributed by atoms with van der Waals surface area (Å²) >= 11 is 3.68. The van der Waals surface area contributed by atoms with E-state index in [1.165, 1.54) is 28.6 Å². The van der Waals surface area contributed by atoms with Gasteiger partial charge in [0.15, 0.2) is 5.79 Å². The third-order valence-electron chi connectivity index (χ3n) is 4.98. The number of rotatable bonds is 1. The largest absolute Gasteiger partial charge is 0.368 e.